The van der Waals surface area contributed by atoms with Gasteiger partial charge in [0.15, 0.2) is 5.82 Å². The minimum Gasteiger partial charge on any atom is -0.316 e. The molecule has 90 valence electrons. The lowest BCUT2D eigenvalue weighted by atomic mass is 9.81. The number of aryl methyl sites for hydroxylation is 2. The smallest absolute Gasteiger partial charge is 0.150 e. The van der Waals surface area contributed by atoms with Gasteiger partial charge in [-0.25, -0.2) is 4.98 Å². The van der Waals surface area contributed by atoms with Crippen LogP contribution in [0.1, 0.15) is 44.8 Å². The van der Waals surface area contributed by atoms with Crippen LogP contribution in [0.5, 0.6) is 0 Å². The Morgan fingerprint density at radius 1 is 1.44 bits per heavy atom. The molecule has 0 saturated carbocycles. The molecule has 4 nitrogen and oxygen atoms in total. The fourth-order valence-corrected chi connectivity index (χ4v) is 2.79. The van der Waals surface area contributed by atoms with E-state index in [4.69, 9.17) is 4.98 Å². The second kappa shape index (κ2) is 4.53. The van der Waals surface area contributed by atoms with Gasteiger partial charge < -0.3 is 5.32 Å². The zero-order chi connectivity index (χ0) is 11.6. The van der Waals surface area contributed by atoms with Crippen molar-refractivity contribution in [2.45, 2.75) is 44.9 Å². The van der Waals surface area contributed by atoms with Crippen molar-refractivity contribution in [3.8, 4) is 0 Å². The van der Waals surface area contributed by atoms with Crippen LogP contribution in [-0.2, 0) is 18.9 Å². The van der Waals surface area contributed by atoms with Crippen molar-refractivity contribution in [3.05, 3.63) is 11.6 Å². The van der Waals surface area contributed by atoms with Gasteiger partial charge >= 0.3 is 0 Å². The lowest BCUT2D eigenvalue weighted by Crippen LogP contribution is -2.32. The van der Waals surface area contributed by atoms with Gasteiger partial charge in [-0.3, -0.25) is 4.68 Å². The summed E-state index contributed by atoms with van der Waals surface area (Å²) in [4.78, 5) is 4.71. The largest absolute Gasteiger partial charge is 0.316 e. The van der Waals surface area contributed by atoms with E-state index < -0.39 is 0 Å². The normalized spacial score (nSPS) is 25.2. The first-order valence-electron chi connectivity index (χ1n) is 6.33. The van der Waals surface area contributed by atoms with E-state index in [-0.39, 0.29) is 5.41 Å². The first-order valence-corrected chi connectivity index (χ1v) is 6.33. The zero-order valence-electron chi connectivity index (χ0n) is 10.6. The highest BCUT2D eigenvalue weighted by molar-refractivity contribution is 5.13. The van der Waals surface area contributed by atoms with Crippen LogP contribution in [0.15, 0.2) is 0 Å². The lowest BCUT2D eigenvalue weighted by molar-refractivity contribution is 0.385. The molecular weight excluding hydrogens is 200 g/mol. The molecule has 1 N–H and O–H groups in total. The van der Waals surface area contributed by atoms with Crippen LogP contribution >= 0.6 is 0 Å². The van der Waals surface area contributed by atoms with Gasteiger partial charge in [0.1, 0.15) is 5.82 Å². The summed E-state index contributed by atoms with van der Waals surface area (Å²) in [5.74, 6) is 2.15. The van der Waals surface area contributed by atoms with Gasteiger partial charge in [-0.2, -0.15) is 5.10 Å². The van der Waals surface area contributed by atoms with E-state index in [0.29, 0.717) is 0 Å². The van der Waals surface area contributed by atoms with Crippen molar-refractivity contribution in [1.82, 2.24) is 20.1 Å². The Hall–Kier alpha value is -0.900. The molecule has 1 atom stereocenters. The Morgan fingerprint density at radius 3 is 2.75 bits per heavy atom. The molecule has 1 aliphatic rings. The highest BCUT2D eigenvalue weighted by atomic mass is 15.3. The van der Waals surface area contributed by atoms with E-state index in [9.17, 15) is 0 Å². The summed E-state index contributed by atoms with van der Waals surface area (Å²) in [6.07, 6.45) is 4.52. The van der Waals surface area contributed by atoms with Crippen molar-refractivity contribution in [1.29, 1.82) is 0 Å². The quantitative estimate of drug-likeness (QED) is 0.837. The number of nitrogens with one attached hydrogen (secondary N) is 1. The van der Waals surface area contributed by atoms with Crippen LogP contribution in [0.4, 0.5) is 0 Å². The Bertz CT molecular complexity index is 350. The average Bonchev–Trinajstić information content (AvgIpc) is 2.86. The van der Waals surface area contributed by atoms with Gasteiger partial charge in [-0.1, -0.05) is 20.3 Å². The third-order valence-corrected chi connectivity index (χ3v) is 3.57. The fourth-order valence-electron chi connectivity index (χ4n) is 2.79. The third-order valence-electron chi connectivity index (χ3n) is 3.57. The zero-order valence-corrected chi connectivity index (χ0v) is 10.6. The minimum atomic E-state index is 0.226. The van der Waals surface area contributed by atoms with Gasteiger partial charge in [0.2, 0.25) is 0 Å². The monoisotopic (exact) mass is 222 g/mol. The molecule has 1 aromatic heterocycles. The molecule has 16 heavy (non-hydrogen) atoms. The van der Waals surface area contributed by atoms with E-state index in [0.717, 1.165) is 25.3 Å². The van der Waals surface area contributed by atoms with Crippen molar-refractivity contribution in [2.75, 3.05) is 13.1 Å². The van der Waals surface area contributed by atoms with Crippen LogP contribution in [-0.4, -0.2) is 27.9 Å². The molecule has 0 bridgehead atoms. The lowest BCUT2D eigenvalue weighted by Gasteiger charge is -2.26. The number of nitrogens with zero attached hydrogens (tertiary/aromatic N) is 3. The molecule has 0 amide bonds. The highest BCUT2D eigenvalue weighted by Crippen LogP contribution is 2.33. The third kappa shape index (κ3) is 1.86. The maximum Gasteiger partial charge on any atom is 0.150 e. The van der Waals surface area contributed by atoms with E-state index in [1.54, 1.807) is 0 Å². The second-order valence-electron chi connectivity index (χ2n) is 4.79. The summed E-state index contributed by atoms with van der Waals surface area (Å²) in [6, 6.07) is 0. The molecule has 0 aromatic carbocycles. The molecular formula is C12H22N4. The Labute approximate surface area is 97.5 Å². The molecule has 1 unspecified atom stereocenters. The van der Waals surface area contributed by atoms with Crippen LogP contribution in [0.25, 0.3) is 0 Å². The number of rotatable bonds is 4. The van der Waals surface area contributed by atoms with Crippen molar-refractivity contribution in [3.63, 3.8) is 0 Å². The summed E-state index contributed by atoms with van der Waals surface area (Å²) in [6.45, 7) is 6.51. The minimum absolute atomic E-state index is 0.226. The average molecular weight is 222 g/mol. The van der Waals surface area contributed by atoms with Crippen LogP contribution in [0, 0.1) is 0 Å². The standard InChI is InChI=1S/C12H22N4/c1-4-6-12(7-8-13-9-12)11-14-10(5-2)15-16(11)3/h13H,4-9H2,1-3H3. The van der Waals surface area contributed by atoms with E-state index in [1.807, 2.05) is 11.7 Å². The summed E-state index contributed by atoms with van der Waals surface area (Å²) in [5, 5.41) is 7.95. The fraction of sp³-hybridized carbons (Fsp3) is 0.833. The van der Waals surface area contributed by atoms with Gasteiger partial charge in [0, 0.05) is 25.4 Å². The van der Waals surface area contributed by atoms with Crippen molar-refractivity contribution >= 4 is 0 Å². The van der Waals surface area contributed by atoms with Crippen LogP contribution in [0.2, 0.25) is 0 Å². The van der Waals surface area contributed by atoms with Crippen LogP contribution in [0.3, 0.4) is 0 Å². The van der Waals surface area contributed by atoms with E-state index >= 15 is 0 Å². The maximum absolute atomic E-state index is 4.71. The van der Waals surface area contributed by atoms with Gasteiger partial charge in [-0.05, 0) is 19.4 Å². The molecule has 1 aliphatic heterocycles. The molecule has 2 heterocycles. The summed E-state index contributed by atoms with van der Waals surface area (Å²) in [5.41, 5.74) is 0.226. The van der Waals surface area contributed by atoms with E-state index in [1.165, 1.54) is 25.1 Å². The predicted octanol–water partition coefficient (Wildman–Crippen LogP) is 1.41. The summed E-state index contributed by atoms with van der Waals surface area (Å²) >= 11 is 0. The topological polar surface area (TPSA) is 42.7 Å². The molecule has 1 aromatic rings. The van der Waals surface area contributed by atoms with Crippen molar-refractivity contribution < 1.29 is 0 Å². The number of hydrogen-bond acceptors (Lipinski definition) is 3. The van der Waals surface area contributed by atoms with Gasteiger partial charge in [0.25, 0.3) is 0 Å². The Kier molecular flexibility index (Phi) is 3.28. The molecule has 1 saturated heterocycles. The molecule has 0 aliphatic carbocycles. The first kappa shape index (κ1) is 11.6. The van der Waals surface area contributed by atoms with Crippen molar-refractivity contribution in [2.24, 2.45) is 7.05 Å². The van der Waals surface area contributed by atoms with Crippen LogP contribution < -0.4 is 5.32 Å². The number of aromatic nitrogens is 3. The molecule has 0 spiro atoms. The van der Waals surface area contributed by atoms with E-state index in [2.05, 4.69) is 24.3 Å². The first-order chi connectivity index (χ1) is 7.72. The van der Waals surface area contributed by atoms with Gasteiger partial charge in [-0.15, -0.1) is 0 Å². The Balaban J connectivity index is 2.34. The summed E-state index contributed by atoms with van der Waals surface area (Å²) < 4.78 is 1.99. The summed E-state index contributed by atoms with van der Waals surface area (Å²) in [7, 11) is 2.03. The second-order valence-corrected chi connectivity index (χ2v) is 4.79. The molecule has 1 fully saturated rings. The van der Waals surface area contributed by atoms with Gasteiger partial charge in [0.05, 0.1) is 0 Å². The number of hydrogen-bond donors (Lipinski definition) is 1. The Morgan fingerprint density at radius 2 is 2.25 bits per heavy atom. The molecule has 0 radical (unpaired) electrons. The highest BCUT2D eigenvalue weighted by Gasteiger charge is 2.38. The SMILES string of the molecule is CCCC1(c2nc(CC)nn2C)CCNC1. The predicted molar refractivity (Wildman–Crippen MR) is 64.5 cm³/mol. The molecule has 2 rings (SSSR count). The maximum atomic E-state index is 4.71. The molecule has 4 heteroatoms.